The number of amides is 4. The number of hydrogen-bond donors (Lipinski definition) is 8. The molecule has 0 saturated heterocycles. The summed E-state index contributed by atoms with van der Waals surface area (Å²) in [7, 11) is 0. The maximum atomic E-state index is 12.3. The Hall–Kier alpha value is -4.48. The summed E-state index contributed by atoms with van der Waals surface area (Å²) >= 11 is 0. The standard InChI is InChI=1S/C44H80N6O16/c1-33(55)41(5,25-51)29-63-37(59)45-15-11-21-49(22-12-16-46-38(60)64-30-42(6,26-52)34(2)56)19-9-10-20-50(23-13-17-47-39(61)65-31-43(7,27-53)35(3)57)24-14-18-48-40(62)66-32-44(8,28-54)36(4)58/h51-54H,9-32H2,1-8H3,(H,45,59)(H,46,60)(H,47,61)(H,48,62). The van der Waals surface area contributed by atoms with Crippen molar-refractivity contribution in [2.75, 3.05) is 118 Å². The quantitative estimate of drug-likeness (QED) is 0.0320. The zero-order valence-electron chi connectivity index (χ0n) is 40.6. The molecule has 0 aliphatic heterocycles. The first kappa shape index (κ1) is 61.5. The molecule has 0 spiro atoms. The van der Waals surface area contributed by atoms with Crippen LogP contribution in [-0.4, -0.2) is 196 Å². The van der Waals surface area contributed by atoms with Crippen LogP contribution in [-0.2, 0) is 38.1 Å². The largest absolute Gasteiger partial charge is 0.448 e. The van der Waals surface area contributed by atoms with Gasteiger partial charge in [0.05, 0.1) is 48.1 Å². The normalized spacial score (nSPS) is 14.9. The van der Waals surface area contributed by atoms with Gasteiger partial charge in [-0.15, -0.1) is 0 Å². The van der Waals surface area contributed by atoms with Gasteiger partial charge in [-0.05, 0) is 133 Å². The number of ketones is 4. The Morgan fingerprint density at radius 2 is 0.545 bits per heavy atom. The van der Waals surface area contributed by atoms with Gasteiger partial charge in [-0.1, -0.05) is 0 Å². The minimum Gasteiger partial charge on any atom is -0.448 e. The van der Waals surface area contributed by atoms with E-state index < -0.39 is 72.5 Å². The highest BCUT2D eigenvalue weighted by Crippen LogP contribution is 2.20. The summed E-state index contributed by atoms with van der Waals surface area (Å²) in [5, 5.41) is 48.9. The van der Waals surface area contributed by atoms with Gasteiger partial charge < -0.3 is 70.4 Å². The first-order valence-electron chi connectivity index (χ1n) is 22.5. The van der Waals surface area contributed by atoms with Gasteiger partial charge in [-0.2, -0.15) is 0 Å². The third-order valence-corrected chi connectivity index (χ3v) is 11.8. The Kier molecular flexibility index (Phi) is 30.1. The number of alkyl carbamates (subject to hydrolysis) is 4. The third kappa shape index (κ3) is 24.9. The van der Waals surface area contributed by atoms with Crippen molar-refractivity contribution in [3.05, 3.63) is 0 Å². The Balaban J connectivity index is 5.49. The summed E-state index contributed by atoms with van der Waals surface area (Å²) in [4.78, 5) is 101. The number of aliphatic hydroxyl groups is 4. The first-order valence-corrected chi connectivity index (χ1v) is 22.5. The van der Waals surface area contributed by atoms with E-state index in [1.165, 1.54) is 55.4 Å². The molecule has 4 unspecified atom stereocenters. The average molecular weight is 949 g/mol. The molecule has 0 heterocycles. The number of rotatable bonds is 37. The molecule has 0 aromatic carbocycles. The molecule has 4 amide bonds. The predicted molar refractivity (Wildman–Crippen MR) is 241 cm³/mol. The number of nitrogens with zero attached hydrogens (tertiary/aromatic N) is 2. The fourth-order valence-electron chi connectivity index (χ4n) is 5.45. The molecular formula is C44H80N6O16. The molecule has 382 valence electrons. The second kappa shape index (κ2) is 32.3. The molecule has 22 nitrogen and oxygen atoms in total. The molecule has 0 radical (unpaired) electrons. The molecule has 0 aromatic rings. The lowest BCUT2D eigenvalue weighted by molar-refractivity contribution is -0.131. The number of Topliss-reactive ketones (excluding diaryl/α,β-unsaturated/α-hetero) is 4. The molecule has 0 aromatic heterocycles. The molecule has 0 bridgehead atoms. The third-order valence-electron chi connectivity index (χ3n) is 11.8. The van der Waals surface area contributed by atoms with Gasteiger partial charge in [0.15, 0.2) is 0 Å². The highest BCUT2D eigenvalue weighted by molar-refractivity contribution is 5.84. The molecule has 8 N–H and O–H groups in total. The Morgan fingerprint density at radius 3 is 0.712 bits per heavy atom. The van der Waals surface area contributed by atoms with Crippen LogP contribution in [0, 0.1) is 21.7 Å². The van der Waals surface area contributed by atoms with Gasteiger partial charge >= 0.3 is 24.4 Å². The molecule has 0 aliphatic rings. The molecule has 0 fully saturated rings. The highest BCUT2D eigenvalue weighted by atomic mass is 16.6. The van der Waals surface area contributed by atoms with Gasteiger partial charge in [0.1, 0.15) is 49.6 Å². The van der Waals surface area contributed by atoms with Gasteiger partial charge in [0.25, 0.3) is 0 Å². The van der Waals surface area contributed by atoms with E-state index in [0.29, 0.717) is 65.0 Å². The van der Waals surface area contributed by atoms with Gasteiger partial charge in [0, 0.05) is 26.2 Å². The molecule has 4 atom stereocenters. The van der Waals surface area contributed by atoms with Crippen LogP contribution in [0.4, 0.5) is 19.2 Å². The van der Waals surface area contributed by atoms with Crippen LogP contribution in [0.5, 0.6) is 0 Å². The lowest BCUT2D eigenvalue weighted by Crippen LogP contribution is -2.39. The number of hydrogen-bond acceptors (Lipinski definition) is 18. The predicted octanol–water partition coefficient (Wildman–Crippen LogP) is 1.19. The van der Waals surface area contributed by atoms with Gasteiger partial charge in [-0.3, -0.25) is 19.2 Å². The number of unbranched alkanes of at least 4 members (excludes halogenated alkanes) is 1. The lowest BCUT2D eigenvalue weighted by Gasteiger charge is -2.26. The number of carbonyl (C=O) groups is 8. The van der Waals surface area contributed by atoms with E-state index in [1.807, 2.05) is 0 Å². The Bertz CT molecular complexity index is 1330. The van der Waals surface area contributed by atoms with Crippen LogP contribution in [0.15, 0.2) is 0 Å². The molecule has 0 aliphatic carbocycles. The zero-order valence-corrected chi connectivity index (χ0v) is 40.6. The molecule has 66 heavy (non-hydrogen) atoms. The SMILES string of the molecule is CC(=O)C(C)(CO)COC(=O)NCCCN(CCCCN(CCCNC(=O)OCC(C)(CO)C(C)=O)CCCNC(=O)OCC(C)(CO)C(C)=O)CCCNC(=O)OCC(C)(CO)C(C)=O. The van der Waals surface area contributed by atoms with Crippen molar-refractivity contribution in [1.29, 1.82) is 0 Å². The van der Waals surface area contributed by atoms with E-state index in [2.05, 4.69) is 31.1 Å². The Labute approximate surface area is 389 Å². The van der Waals surface area contributed by atoms with Crippen LogP contribution in [0.1, 0.15) is 93.9 Å². The first-order chi connectivity index (χ1) is 31.0. The van der Waals surface area contributed by atoms with E-state index in [1.54, 1.807) is 0 Å². The van der Waals surface area contributed by atoms with Crippen LogP contribution in [0.3, 0.4) is 0 Å². The van der Waals surface area contributed by atoms with Gasteiger partial charge in [-0.25, -0.2) is 19.2 Å². The van der Waals surface area contributed by atoms with Crippen molar-refractivity contribution in [1.82, 2.24) is 31.1 Å². The summed E-state index contributed by atoms with van der Waals surface area (Å²) < 4.78 is 20.7. The number of aliphatic hydroxyl groups excluding tert-OH is 4. The van der Waals surface area contributed by atoms with Crippen LogP contribution in [0.25, 0.3) is 0 Å². The topological polar surface area (TPSA) is 309 Å². The monoisotopic (exact) mass is 949 g/mol. The average Bonchev–Trinajstić information content (AvgIpc) is 3.28. The van der Waals surface area contributed by atoms with Crippen LogP contribution < -0.4 is 21.3 Å². The van der Waals surface area contributed by atoms with Crippen molar-refractivity contribution in [2.24, 2.45) is 21.7 Å². The second-order valence-electron chi connectivity index (χ2n) is 17.9. The van der Waals surface area contributed by atoms with Crippen molar-refractivity contribution in [3.63, 3.8) is 0 Å². The smallest absolute Gasteiger partial charge is 0.407 e. The fraction of sp³-hybridized carbons (Fsp3) is 0.818. The van der Waals surface area contributed by atoms with Crippen molar-refractivity contribution in [3.8, 4) is 0 Å². The highest BCUT2D eigenvalue weighted by Gasteiger charge is 2.33. The minimum atomic E-state index is -1.20. The number of carbonyl (C=O) groups excluding carboxylic acids is 8. The van der Waals surface area contributed by atoms with Crippen molar-refractivity contribution >= 4 is 47.5 Å². The summed E-state index contributed by atoms with van der Waals surface area (Å²) in [6, 6.07) is 0. The van der Waals surface area contributed by atoms with E-state index in [0.717, 1.165) is 12.8 Å². The summed E-state index contributed by atoms with van der Waals surface area (Å²) in [6.45, 7) is 13.0. The maximum Gasteiger partial charge on any atom is 0.407 e. The van der Waals surface area contributed by atoms with E-state index in [-0.39, 0.29) is 75.7 Å². The molecule has 22 heteroatoms. The van der Waals surface area contributed by atoms with Gasteiger partial charge in [0.2, 0.25) is 0 Å². The zero-order chi connectivity index (χ0) is 50.4. The summed E-state index contributed by atoms with van der Waals surface area (Å²) in [5.74, 6) is -1.24. The van der Waals surface area contributed by atoms with Crippen LogP contribution >= 0.6 is 0 Å². The minimum absolute atomic E-state index is 0.265. The maximum absolute atomic E-state index is 12.3. The second-order valence-corrected chi connectivity index (χ2v) is 17.9. The van der Waals surface area contributed by atoms with Crippen molar-refractivity contribution in [2.45, 2.75) is 93.9 Å². The summed E-state index contributed by atoms with van der Waals surface area (Å²) in [5.41, 5.74) is -4.80. The van der Waals surface area contributed by atoms with Crippen molar-refractivity contribution < 1.29 is 77.7 Å². The van der Waals surface area contributed by atoms with E-state index in [4.69, 9.17) is 18.9 Å². The molecular weight excluding hydrogens is 869 g/mol. The van der Waals surface area contributed by atoms with E-state index >= 15 is 0 Å². The number of ether oxygens (including phenoxy) is 4. The summed E-state index contributed by atoms with van der Waals surface area (Å²) in [6.07, 6.45) is 0.789. The molecule has 0 rings (SSSR count). The van der Waals surface area contributed by atoms with E-state index in [9.17, 15) is 58.8 Å². The van der Waals surface area contributed by atoms with Crippen LogP contribution in [0.2, 0.25) is 0 Å². The lowest BCUT2D eigenvalue weighted by atomic mass is 9.88. The number of nitrogens with one attached hydrogen (secondary N) is 4. The Morgan fingerprint density at radius 1 is 0.364 bits per heavy atom. The molecule has 0 saturated carbocycles. The fourth-order valence-corrected chi connectivity index (χ4v) is 5.45.